The predicted octanol–water partition coefficient (Wildman–Crippen LogP) is -2.11. The third-order valence-corrected chi connectivity index (χ3v) is 2.11. The van der Waals surface area contributed by atoms with Crippen LogP contribution in [0, 0.1) is 0 Å². The summed E-state index contributed by atoms with van der Waals surface area (Å²) in [6.45, 7) is -0.458. The molecule has 5 N–H and O–H groups in total. The molecule has 0 spiro atoms. The molecule has 116 valence electrons. The highest BCUT2D eigenvalue weighted by molar-refractivity contribution is 6.20. The Balaban J connectivity index is 0.000000222. The molecule has 0 amide bonds. The number of aromatic amines is 2. The maximum Gasteiger partial charge on any atom is 0.413 e. The third kappa shape index (κ3) is 4.96. The highest BCUT2D eigenvalue weighted by Gasteiger charge is 2.14. The lowest BCUT2D eigenvalue weighted by molar-refractivity contribution is -0.144. The number of aliphatic carboxylic acids is 1. The maximum absolute atomic E-state index is 10.9. The number of nitrogens with two attached hydrogens (primary N) is 1. The molecule has 2 aromatic rings. The van der Waals surface area contributed by atoms with Crippen LogP contribution in [-0.4, -0.2) is 60.6 Å². The van der Waals surface area contributed by atoms with Crippen LogP contribution < -0.4 is 11.3 Å². The Bertz CT molecular complexity index is 760. The molecule has 0 aliphatic heterocycles. The van der Waals surface area contributed by atoms with Crippen molar-refractivity contribution in [1.29, 1.82) is 0 Å². The van der Waals surface area contributed by atoms with Gasteiger partial charge < -0.3 is 31.1 Å². The van der Waals surface area contributed by atoms with Crippen molar-refractivity contribution in [3.05, 3.63) is 28.5 Å². The molecule has 0 aliphatic carbocycles. The van der Waals surface area contributed by atoms with E-state index in [1.165, 1.54) is 12.7 Å². The SMILES string of the molecule is O=c1[nH]cnc2nc[nH]c12.[N-]=[N+]=CC(=O)OCC(N)C(=O)O. The highest BCUT2D eigenvalue weighted by atomic mass is 16.5. The van der Waals surface area contributed by atoms with Crippen molar-refractivity contribution in [2.75, 3.05) is 6.61 Å². The topological polar surface area (TPSA) is 200 Å². The van der Waals surface area contributed by atoms with Gasteiger partial charge in [-0.3, -0.25) is 9.59 Å². The summed E-state index contributed by atoms with van der Waals surface area (Å²) in [5.74, 6) is -2.22. The summed E-state index contributed by atoms with van der Waals surface area (Å²) < 4.78 is 4.25. The molecule has 12 nitrogen and oxygen atoms in total. The van der Waals surface area contributed by atoms with Gasteiger partial charge in [0.1, 0.15) is 12.6 Å². The molecule has 0 fully saturated rings. The summed E-state index contributed by atoms with van der Waals surface area (Å²) in [5, 5.41) is 8.23. The first-order valence-electron chi connectivity index (χ1n) is 5.65. The van der Waals surface area contributed by atoms with Gasteiger partial charge in [0.2, 0.25) is 0 Å². The van der Waals surface area contributed by atoms with Crippen LogP contribution >= 0.6 is 0 Å². The Kier molecular flexibility index (Phi) is 6.10. The molecule has 0 aromatic carbocycles. The standard InChI is InChI=1S/C5H4N4O.C5H7N3O4/c10-5-3-4(7-1-6-3)8-2-9-5;6-3(5(10)11)2-12-4(9)1-8-7/h1-2H,(H2,6,7,8,9,10);1,3H,2,6H2,(H,10,11). The van der Waals surface area contributed by atoms with Crippen molar-refractivity contribution in [1.82, 2.24) is 19.9 Å². The van der Waals surface area contributed by atoms with Gasteiger partial charge in [-0.15, -0.1) is 0 Å². The number of H-pyrrole nitrogens is 2. The second kappa shape index (κ2) is 8.04. The number of ether oxygens (including phenoxy) is 1. The summed E-state index contributed by atoms with van der Waals surface area (Å²) in [7, 11) is 0. The first-order chi connectivity index (χ1) is 10.5. The van der Waals surface area contributed by atoms with Crippen molar-refractivity contribution in [3.8, 4) is 0 Å². The van der Waals surface area contributed by atoms with Crippen molar-refractivity contribution in [2.45, 2.75) is 6.04 Å². The van der Waals surface area contributed by atoms with Crippen molar-refractivity contribution >= 4 is 29.3 Å². The van der Waals surface area contributed by atoms with E-state index in [-0.39, 0.29) is 5.56 Å². The van der Waals surface area contributed by atoms with Gasteiger partial charge in [0.25, 0.3) is 5.56 Å². The Morgan fingerprint density at radius 2 is 2.09 bits per heavy atom. The molecule has 0 saturated carbocycles. The Hall–Kier alpha value is -3.37. The van der Waals surface area contributed by atoms with Gasteiger partial charge in [0.05, 0.1) is 12.7 Å². The van der Waals surface area contributed by atoms with Crippen LogP contribution in [0.25, 0.3) is 16.7 Å². The number of hydrogen-bond acceptors (Lipinski definition) is 7. The molecule has 22 heavy (non-hydrogen) atoms. The number of carbonyl (C=O) groups excluding carboxylic acids is 1. The number of fused-ring (bicyclic) bond motifs is 1. The number of aromatic nitrogens is 4. The van der Waals surface area contributed by atoms with Crippen LogP contribution in [0.5, 0.6) is 0 Å². The number of nitrogens with zero attached hydrogens (tertiary/aromatic N) is 4. The van der Waals surface area contributed by atoms with Crippen LogP contribution in [0.2, 0.25) is 0 Å². The van der Waals surface area contributed by atoms with Gasteiger partial charge in [-0.1, -0.05) is 0 Å². The second-order valence-electron chi connectivity index (χ2n) is 3.65. The summed E-state index contributed by atoms with van der Waals surface area (Å²) >= 11 is 0. The Labute approximate surface area is 121 Å². The summed E-state index contributed by atoms with van der Waals surface area (Å²) in [6.07, 6.45) is 3.26. The van der Waals surface area contributed by atoms with Crippen molar-refractivity contribution in [3.63, 3.8) is 0 Å². The fourth-order valence-electron chi connectivity index (χ4n) is 1.10. The van der Waals surface area contributed by atoms with E-state index in [2.05, 4.69) is 29.5 Å². The molecule has 2 heterocycles. The average Bonchev–Trinajstić information content (AvgIpc) is 2.95. The van der Waals surface area contributed by atoms with Gasteiger partial charge in [0, 0.05) is 0 Å². The fraction of sp³-hybridized carbons (Fsp3) is 0.200. The number of hydrogen-bond donors (Lipinski definition) is 4. The number of imidazole rings is 1. The molecule has 0 saturated heterocycles. The number of esters is 1. The minimum atomic E-state index is -1.27. The number of nitrogens with one attached hydrogen (secondary N) is 2. The lowest BCUT2D eigenvalue weighted by Gasteiger charge is -2.03. The minimum absolute atomic E-state index is 0.192. The van der Waals surface area contributed by atoms with Crippen LogP contribution in [0.3, 0.4) is 0 Å². The van der Waals surface area contributed by atoms with Gasteiger partial charge in [-0.2, -0.15) is 4.79 Å². The van der Waals surface area contributed by atoms with Crippen LogP contribution in [0.1, 0.15) is 0 Å². The average molecular weight is 309 g/mol. The molecule has 12 heteroatoms. The van der Waals surface area contributed by atoms with Gasteiger partial charge >= 0.3 is 18.2 Å². The second-order valence-corrected chi connectivity index (χ2v) is 3.65. The molecule has 2 aromatic heterocycles. The molecular formula is C10H11N7O5. The molecule has 1 unspecified atom stereocenters. The van der Waals surface area contributed by atoms with E-state index in [4.69, 9.17) is 16.4 Å². The van der Waals surface area contributed by atoms with Crippen LogP contribution in [0.4, 0.5) is 0 Å². The number of carboxylic acids is 1. The van der Waals surface area contributed by atoms with E-state index in [1.807, 2.05) is 0 Å². The van der Waals surface area contributed by atoms with Crippen molar-refractivity contribution in [2.24, 2.45) is 5.73 Å². The zero-order valence-electron chi connectivity index (χ0n) is 11.0. The molecule has 0 radical (unpaired) electrons. The van der Waals surface area contributed by atoms with E-state index in [9.17, 15) is 14.4 Å². The van der Waals surface area contributed by atoms with E-state index < -0.39 is 24.6 Å². The number of carbonyl (C=O) groups is 2. The lowest BCUT2D eigenvalue weighted by atomic mass is 10.3. The summed E-state index contributed by atoms with van der Waals surface area (Å²) in [4.78, 5) is 46.4. The van der Waals surface area contributed by atoms with Gasteiger partial charge in [-0.25, -0.2) is 14.8 Å². The lowest BCUT2D eigenvalue weighted by Crippen LogP contribution is -2.35. The Morgan fingerprint density at radius 3 is 2.64 bits per heavy atom. The maximum atomic E-state index is 10.9. The zero-order chi connectivity index (χ0) is 16.5. The fourth-order valence-corrected chi connectivity index (χ4v) is 1.10. The highest BCUT2D eigenvalue weighted by Crippen LogP contribution is 1.94. The molecule has 2 rings (SSSR count). The summed E-state index contributed by atoms with van der Waals surface area (Å²) in [6, 6.07) is -1.26. The Morgan fingerprint density at radius 1 is 1.45 bits per heavy atom. The van der Waals surface area contributed by atoms with Gasteiger partial charge in [-0.05, 0) is 0 Å². The predicted molar refractivity (Wildman–Crippen MR) is 70.8 cm³/mol. The van der Waals surface area contributed by atoms with Crippen LogP contribution in [-0.2, 0) is 14.3 Å². The first kappa shape index (κ1) is 16.7. The largest absolute Gasteiger partial charge is 0.480 e. The number of rotatable bonds is 4. The molecule has 0 bridgehead atoms. The molecule has 0 aliphatic rings. The normalized spacial score (nSPS) is 10.8. The molecular weight excluding hydrogens is 298 g/mol. The first-order valence-corrected chi connectivity index (χ1v) is 5.65. The minimum Gasteiger partial charge on any atom is -0.480 e. The third-order valence-electron chi connectivity index (χ3n) is 2.11. The zero-order valence-corrected chi connectivity index (χ0v) is 11.0. The molecule has 1 atom stereocenters. The van der Waals surface area contributed by atoms with E-state index in [1.54, 1.807) is 0 Å². The van der Waals surface area contributed by atoms with E-state index >= 15 is 0 Å². The quantitative estimate of drug-likeness (QED) is 0.212. The summed E-state index contributed by atoms with van der Waals surface area (Å²) in [5.41, 5.74) is 13.5. The smallest absolute Gasteiger partial charge is 0.413 e. The van der Waals surface area contributed by atoms with Crippen LogP contribution in [0.15, 0.2) is 17.4 Å². The number of carboxylic acid groups (broad SMARTS) is 1. The van der Waals surface area contributed by atoms with E-state index in [0.717, 1.165) is 0 Å². The van der Waals surface area contributed by atoms with Crippen molar-refractivity contribution < 1.29 is 24.2 Å². The monoisotopic (exact) mass is 309 g/mol. The van der Waals surface area contributed by atoms with E-state index in [0.29, 0.717) is 17.4 Å². The van der Waals surface area contributed by atoms with Gasteiger partial charge in [0.15, 0.2) is 11.2 Å².